The summed E-state index contributed by atoms with van der Waals surface area (Å²) < 4.78 is 26.5. The molecule has 1 N–H and O–H groups in total. The average Bonchev–Trinajstić information content (AvgIpc) is 2.89. The zero-order valence-electron chi connectivity index (χ0n) is 21.9. The fraction of sp³-hybridized carbons (Fsp3) is 0.310. The van der Waals surface area contributed by atoms with Crippen LogP contribution in [0.15, 0.2) is 78.9 Å². The molecule has 0 aliphatic heterocycles. The van der Waals surface area contributed by atoms with Gasteiger partial charge in [0.15, 0.2) is 0 Å². The van der Waals surface area contributed by atoms with E-state index in [9.17, 15) is 18.0 Å². The lowest BCUT2D eigenvalue weighted by atomic mass is 10.0. The first-order chi connectivity index (χ1) is 18.1. The third kappa shape index (κ3) is 7.82. The second kappa shape index (κ2) is 13.4. The van der Waals surface area contributed by atoms with E-state index in [4.69, 9.17) is 11.6 Å². The molecule has 0 saturated carbocycles. The number of amides is 2. The number of halogens is 1. The number of anilines is 1. The van der Waals surface area contributed by atoms with Gasteiger partial charge in [0, 0.05) is 38.0 Å². The van der Waals surface area contributed by atoms with Gasteiger partial charge in [-0.1, -0.05) is 78.3 Å². The molecule has 0 aromatic heterocycles. The zero-order valence-corrected chi connectivity index (χ0v) is 23.5. The third-order valence-electron chi connectivity index (χ3n) is 6.35. The van der Waals surface area contributed by atoms with Crippen LogP contribution in [0.25, 0.3) is 0 Å². The molecule has 3 rings (SSSR count). The van der Waals surface area contributed by atoms with Crippen molar-refractivity contribution in [2.45, 2.75) is 38.8 Å². The van der Waals surface area contributed by atoms with Crippen molar-refractivity contribution in [3.63, 3.8) is 0 Å². The maximum absolute atomic E-state index is 13.7. The molecule has 3 aromatic carbocycles. The molecule has 0 fully saturated rings. The van der Waals surface area contributed by atoms with Crippen molar-refractivity contribution in [1.29, 1.82) is 0 Å². The normalized spacial score (nSPS) is 12.0. The van der Waals surface area contributed by atoms with E-state index >= 15 is 0 Å². The van der Waals surface area contributed by atoms with Crippen molar-refractivity contribution < 1.29 is 18.0 Å². The summed E-state index contributed by atoms with van der Waals surface area (Å²) in [5, 5.41) is 3.19. The summed E-state index contributed by atoms with van der Waals surface area (Å²) in [7, 11) is -2.01. The van der Waals surface area contributed by atoms with Gasteiger partial charge in [0.05, 0.1) is 11.9 Å². The smallest absolute Gasteiger partial charge is 0.242 e. The van der Waals surface area contributed by atoms with Gasteiger partial charge in [0.2, 0.25) is 21.8 Å². The minimum absolute atomic E-state index is 0.0602. The van der Waals surface area contributed by atoms with E-state index in [2.05, 4.69) is 5.32 Å². The Balaban J connectivity index is 1.86. The molecule has 3 aromatic rings. The second-order valence-electron chi connectivity index (χ2n) is 9.16. The summed E-state index contributed by atoms with van der Waals surface area (Å²) in [4.78, 5) is 28.3. The van der Waals surface area contributed by atoms with E-state index in [0.717, 1.165) is 22.9 Å². The van der Waals surface area contributed by atoms with Gasteiger partial charge in [0.1, 0.15) is 6.04 Å². The Morgan fingerprint density at radius 3 is 2.21 bits per heavy atom. The number of likely N-dealkylation sites (N-methyl/N-ethyl adjacent to an activating group) is 1. The number of nitrogens with one attached hydrogen (secondary N) is 1. The van der Waals surface area contributed by atoms with Gasteiger partial charge < -0.3 is 10.2 Å². The van der Waals surface area contributed by atoms with Gasteiger partial charge in [-0.15, -0.1) is 0 Å². The molecule has 2 amide bonds. The first-order valence-corrected chi connectivity index (χ1v) is 14.7. The number of carbonyl (C=O) groups is 2. The van der Waals surface area contributed by atoms with Crippen molar-refractivity contribution in [2.75, 3.05) is 24.2 Å². The zero-order chi connectivity index (χ0) is 27.7. The molecule has 38 heavy (non-hydrogen) atoms. The summed E-state index contributed by atoms with van der Waals surface area (Å²) in [5.74, 6) is -0.542. The number of para-hydroxylation sites is 1. The van der Waals surface area contributed by atoms with Gasteiger partial charge in [0.25, 0.3) is 0 Å². The van der Waals surface area contributed by atoms with Gasteiger partial charge in [-0.25, -0.2) is 8.42 Å². The standard InChI is InChI=1S/C29H34ClN3O4S/c1-22-12-7-10-17-26(22)33(38(3,36)37)19-11-18-28(34)32(21-24-15-8-9-16-25(24)30)27(29(35)31-2)20-23-13-5-4-6-14-23/h4-10,12-17,27H,11,18-21H2,1-3H3,(H,31,35)/t27-/m1/s1. The van der Waals surface area contributed by atoms with Crippen molar-refractivity contribution in [3.8, 4) is 0 Å². The molecular weight excluding hydrogens is 522 g/mol. The Morgan fingerprint density at radius 2 is 1.58 bits per heavy atom. The van der Waals surface area contributed by atoms with Crippen molar-refractivity contribution in [3.05, 3.63) is 101 Å². The number of rotatable bonds is 12. The Labute approximate surface area is 230 Å². The number of hydrogen-bond donors (Lipinski definition) is 1. The number of aryl methyl sites for hydroxylation is 1. The first-order valence-electron chi connectivity index (χ1n) is 12.4. The third-order valence-corrected chi connectivity index (χ3v) is 7.90. The van der Waals surface area contributed by atoms with Gasteiger partial charge in [-0.2, -0.15) is 0 Å². The largest absolute Gasteiger partial charge is 0.357 e. The number of hydrogen-bond acceptors (Lipinski definition) is 4. The molecule has 7 nitrogen and oxygen atoms in total. The van der Waals surface area contributed by atoms with E-state index in [1.165, 1.54) is 4.31 Å². The molecule has 202 valence electrons. The van der Waals surface area contributed by atoms with E-state index in [1.807, 2.05) is 67.6 Å². The molecule has 0 saturated heterocycles. The molecule has 0 radical (unpaired) electrons. The Bertz CT molecular complexity index is 1350. The highest BCUT2D eigenvalue weighted by atomic mass is 35.5. The van der Waals surface area contributed by atoms with Crippen molar-refractivity contribution >= 4 is 39.1 Å². The molecular formula is C29H34ClN3O4S. The Kier molecular flexibility index (Phi) is 10.3. The highest BCUT2D eigenvalue weighted by Gasteiger charge is 2.30. The summed E-state index contributed by atoms with van der Waals surface area (Å²) in [6.07, 6.45) is 1.83. The molecule has 0 bridgehead atoms. The van der Waals surface area contributed by atoms with E-state index in [-0.39, 0.29) is 37.7 Å². The van der Waals surface area contributed by atoms with Gasteiger partial charge >= 0.3 is 0 Å². The molecule has 0 unspecified atom stereocenters. The lowest BCUT2D eigenvalue weighted by Crippen LogP contribution is -2.49. The van der Waals surface area contributed by atoms with Crippen LogP contribution in [-0.4, -0.2) is 51.0 Å². The minimum atomic E-state index is -3.56. The highest BCUT2D eigenvalue weighted by molar-refractivity contribution is 7.92. The highest BCUT2D eigenvalue weighted by Crippen LogP contribution is 2.24. The predicted molar refractivity (Wildman–Crippen MR) is 153 cm³/mol. The molecule has 0 aliphatic carbocycles. The molecule has 0 aliphatic rings. The number of sulfonamides is 1. The van der Waals surface area contributed by atoms with E-state index in [1.54, 1.807) is 30.1 Å². The van der Waals surface area contributed by atoms with Crippen LogP contribution in [0.4, 0.5) is 5.69 Å². The second-order valence-corrected chi connectivity index (χ2v) is 11.5. The number of nitrogens with zero attached hydrogens (tertiary/aromatic N) is 2. The quantitative estimate of drug-likeness (QED) is 0.354. The van der Waals surface area contributed by atoms with E-state index < -0.39 is 16.1 Å². The van der Waals surface area contributed by atoms with Crippen LogP contribution < -0.4 is 9.62 Å². The molecule has 9 heteroatoms. The Morgan fingerprint density at radius 1 is 0.947 bits per heavy atom. The fourth-order valence-corrected chi connectivity index (χ4v) is 5.57. The summed E-state index contributed by atoms with van der Waals surface area (Å²) in [6, 6.07) is 23.2. The van der Waals surface area contributed by atoms with Gasteiger partial charge in [-0.3, -0.25) is 13.9 Å². The SMILES string of the molecule is CNC(=O)[C@@H](Cc1ccccc1)N(Cc1ccccc1Cl)C(=O)CCCN(c1ccccc1C)S(C)(=O)=O. The summed E-state index contributed by atoms with van der Waals surface area (Å²) >= 11 is 6.42. The van der Waals surface area contributed by atoms with Crippen LogP contribution >= 0.6 is 11.6 Å². The maximum Gasteiger partial charge on any atom is 0.242 e. The monoisotopic (exact) mass is 555 g/mol. The predicted octanol–water partition coefficient (Wildman–Crippen LogP) is 4.58. The molecule has 1 atom stereocenters. The lowest BCUT2D eigenvalue weighted by molar-refractivity contribution is -0.141. The molecule has 0 heterocycles. The number of benzene rings is 3. The van der Waals surface area contributed by atoms with Crippen molar-refractivity contribution in [1.82, 2.24) is 10.2 Å². The number of carbonyl (C=O) groups excluding carboxylic acids is 2. The minimum Gasteiger partial charge on any atom is -0.357 e. The first kappa shape index (κ1) is 29.2. The fourth-order valence-electron chi connectivity index (χ4n) is 4.36. The topological polar surface area (TPSA) is 86.8 Å². The average molecular weight is 556 g/mol. The summed E-state index contributed by atoms with van der Waals surface area (Å²) in [5.41, 5.74) is 3.05. The molecule has 0 spiro atoms. The van der Waals surface area contributed by atoms with Crippen LogP contribution in [0.1, 0.15) is 29.5 Å². The van der Waals surface area contributed by atoms with Crippen LogP contribution in [0, 0.1) is 6.92 Å². The lowest BCUT2D eigenvalue weighted by Gasteiger charge is -2.32. The summed E-state index contributed by atoms with van der Waals surface area (Å²) in [6.45, 7) is 2.14. The van der Waals surface area contributed by atoms with Gasteiger partial charge in [-0.05, 0) is 42.2 Å². The van der Waals surface area contributed by atoms with Crippen LogP contribution in [-0.2, 0) is 32.6 Å². The van der Waals surface area contributed by atoms with Crippen LogP contribution in [0.2, 0.25) is 5.02 Å². The Hall–Kier alpha value is -3.36. The maximum atomic E-state index is 13.7. The van der Waals surface area contributed by atoms with Crippen LogP contribution in [0.5, 0.6) is 0 Å². The van der Waals surface area contributed by atoms with Crippen molar-refractivity contribution in [2.24, 2.45) is 0 Å². The van der Waals surface area contributed by atoms with E-state index in [0.29, 0.717) is 17.1 Å². The van der Waals surface area contributed by atoms with Crippen LogP contribution in [0.3, 0.4) is 0 Å².